The lowest BCUT2D eigenvalue weighted by Gasteiger charge is -2.36. The van der Waals surface area contributed by atoms with Crippen molar-refractivity contribution < 1.29 is 8.42 Å². The topological polar surface area (TPSA) is 103 Å². The Balaban J connectivity index is 2.55. The smallest absolute Gasteiger partial charge is 0.279 e. The van der Waals surface area contributed by atoms with Crippen molar-refractivity contribution >= 4 is 16.0 Å². The third kappa shape index (κ3) is 2.91. The van der Waals surface area contributed by atoms with Crippen molar-refractivity contribution in [2.45, 2.75) is 13.0 Å². The Bertz CT molecular complexity index is 347. The van der Waals surface area contributed by atoms with Crippen LogP contribution in [0.15, 0.2) is 0 Å². The van der Waals surface area contributed by atoms with Gasteiger partial charge < -0.3 is 5.73 Å². The van der Waals surface area contributed by atoms with Crippen molar-refractivity contribution in [3.8, 4) is 0 Å². The van der Waals surface area contributed by atoms with Gasteiger partial charge in [0.1, 0.15) is 5.84 Å². The third-order valence-electron chi connectivity index (χ3n) is 2.87. The van der Waals surface area contributed by atoms with Crippen molar-refractivity contribution in [1.82, 2.24) is 13.9 Å². The fourth-order valence-electron chi connectivity index (χ4n) is 1.66. The Kier molecular flexibility index (Phi) is 4.25. The van der Waals surface area contributed by atoms with Crippen LogP contribution in [0.5, 0.6) is 0 Å². The van der Waals surface area contributed by atoms with Crippen LogP contribution in [0.3, 0.4) is 0 Å². The van der Waals surface area contributed by atoms with E-state index in [1.54, 1.807) is 0 Å². The second kappa shape index (κ2) is 5.09. The van der Waals surface area contributed by atoms with Crippen molar-refractivity contribution in [3.63, 3.8) is 0 Å². The SMILES string of the molecule is CNS(=O)(=O)N1CCN(C(C)C(=N)N)CC1. The van der Waals surface area contributed by atoms with Gasteiger partial charge in [0, 0.05) is 33.2 Å². The van der Waals surface area contributed by atoms with Crippen LogP contribution in [0, 0.1) is 5.41 Å². The lowest BCUT2D eigenvalue weighted by Crippen LogP contribution is -2.55. The molecule has 0 aliphatic carbocycles. The van der Waals surface area contributed by atoms with Gasteiger partial charge in [-0.2, -0.15) is 12.7 Å². The van der Waals surface area contributed by atoms with Gasteiger partial charge in [0.05, 0.1) is 6.04 Å². The van der Waals surface area contributed by atoms with Gasteiger partial charge in [-0.05, 0) is 6.92 Å². The first-order chi connectivity index (χ1) is 7.38. The Morgan fingerprint density at radius 3 is 2.25 bits per heavy atom. The van der Waals surface area contributed by atoms with E-state index in [9.17, 15) is 8.42 Å². The molecule has 1 unspecified atom stereocenters. The zero-order valence-corrected chi connectivity index (χ0v) is 10.4. The van der Waals surface area contributed by atoms with Gasteiger partial charge in [0.25, 0.3) is 10.2 Å². The summed E-state index contributed by atoms with van der Waals surface area (Å²) in [6.07, 6.45) is 0. The maximum Gasteiger partial charge on any atom is 0.279 e. The minimum absolute atomic E-state index is 0.116. The molecular formula is C8H19N5O2S. The van der Waals surface area contributed by atoms with Gasteiger partial charge in [0.2, 0.25) is 0 Å². The maximum atomic E-state index is 11.5. The van der Waals surface area contributed by atoms with Gasteiger partial charge in [-0.1, -0.05) is 0 Å². The summed E-state index contributed by atoms with van der Waals surface area (Å²) in [4.78, 5) is 2.00. The Morgan fingerprint density at radius 1 is 1.38 bits per heavy atom. The molecular weight excluding hydrogens is 230 g/mol. The molecule has 7 nitrogen and oxygen atoms in total. The van der Waals surface area contributed by atoms with Gasteiger partial charge in [0.15, 0.2) is 0 Å². The third-order valence-corrected chi connectivity index (χ3v) is 4.43. The maximum absolute atomic E-state index is 11.5. The molecule has 1 rings (SSSR count). The number of rotatable bonds is 4. The number of nitrogens with zero attached hydrogens (tertiary/aromatic N) is 2. The first kappa shape index (κ1) is 13.4. The lowest BCUT2D eigenvalue weighted by atomic mass is 10.2. The van der Waals surface area contributed by atoms with Crippen LogP contribution < -0.4 is 10.5 Å². The van der Waals surface area contributed by atoms with Gasteiger partial charge >= 0.3 is 0 Å². The Labute approximate surface area is 96.3 Å². The van der Waals surface area contributed by atoms with E-state index >= 15 is 0 Å². The normalized spacial score (nSPS) is 21.9. The lowest BCUT2D eigenvalue weighted by molar-refractivity contribution is 0.173. The molecule has 94 valence electrons. The predicted molar refractivity (Wildman–Crippen MR) is 62.5 cm³/mol. The molecule has 0 spiro atoms. The number of nitrogens with two attached hydrogens (primary N) is 1. The number of piperazine rings is 1. The molecule has 1 heterocycles. The van der Waals surface area contributed by atoms with Crippen LogP contribution in [0.2, 0.25) is 0 Å². The average Bonchev–Trinajstić information content (AvgIpc) is 2.28. The predicted octanol–water partition coefficient (Wildman–Crippen LogP) is -1.61. The average molecular weight is 249 g/mol. The Hall–Kier alpha value is -0.700. The van der Waals surface area contributed by atoms with Gasteiger partial charge in [-0.15, -0.1) is 0 Å². The molecule has 1 fully saturated rings. The summed E-state index contributed by atoms with van der Waals surface area (Å²) in [5.41, 5.74) is 5.41. The van der Waals surface area contributed by atoms with E-state index in [1.807, 2.05) is 11.8 Å². The molecule has 0 aromatic rings. The van der Waals surface area contributed by atoms with E-state index in [0.29, 0.717) is 26.2 Å². The standard InChI is InChI=1S/C8H19N5O2S/c1-7(8(9)10)12-3-5-13(6-4-12)16(14,15)11-2/h7,11H,3-6H2,1-2H3,(H3,9,10). The van der Waals surface area contributed by atoms with E-state index in [0.717, 1.165) is 0 Å². The van der Waals surface area contributed by atoms with Crippen LogP contribution in [-0.4, -0.2) is 62.7 Å². The molecule has 0 aromatic heterocycles. The van der Waals surface area contributed by atoms with Crippen molar-refractivity contribution in [3.05, 3.63) is 0 Å². The fourth-order valence-corrected chi connectivity index (χ4v) is 2.56. The quantitative estimate of drug-likeness (QED) is 0.412. The second-order valence-corrected chi connectivity index (χ2v) is 5.65. The monoisotopic (exact) mass is 249 g/mol. The second-order valence-electron chi connectivity index (χ2n) is 3.78. The number of hydrogen-bond acceptors (Lipinski definition) is 4. The highest BCUT2D eigenvalue weighted by atomic mass is 32.2. The summed E-state index contributed by atoms with van der Waals surface area (Å²) >= 11 is 0. The minimum atomic E-state index is -3.32. The van der Waals surface area contributed by atoms with E-state index in [2.05, 4.69) is 4.72 Å². The van der Waals surface area contributed by atoms with Crippen LogP contribution in [0.1, 0.15) is 6.92 Å². The van der Waals surface area contributed by atoms with Crippen LogP contribution in [0.25, 0.3) is 0 Å². The van der Waals surface area contributed by atoms with Gasteiger partial charge in [-0.25, -0.2) is 4.72 Å². The molecule has 1 aliphatic rings. The zero-order chi connectivity index (χ0) is 12.3. The zero-order valence-electron chi connectivity index (χ0n) is 9.60. The minimum Gasteiger partial charge on any atom is -0.386 e. The molecule has 0 saturated carbocycles. The summed E-state index contributed by atoms with van der Waals surface area (Å²) in [7, 11) is -1.92. The summed E-state index contributed by atoms with van der Waals surface area (Å²) in [6, 6.07) is -0.126. The molecule has 16 heavy (non-hydrogen) atoms. The number of nitrogens with one attached hydrogen (secondary N) is 2. The molecule has 0 bridgehead atoms. The summed E-state index contributed by atoms with van der Waals surface area (Å²) in [5, 5.41) is 7.34. The van der Waals surface area contributed by atoms with E-state index in [4.69, 9.17) is 11.1 Å². The molecule has 1 saturated heterocycles. The fraction of sp³-hybridized carbons (Fsp3) is 0.875. The van der Waals surface area contributed by atoms with Crippen molar-refractivity contribution in [2.75, 3.05) is 33.2 Å². The summed E-state index contributed by atoms with van der Waals surface area (Å²) in [6.45, 7) is 3.91. The van der Waals surface area contributed by atoms with E-state index < -0.39 is 10.2 Å². The van der Waals surface area contributed by atoms with Crippen LogP contribution >= 0.6 is 0 Å². The van der Waals surface area contributed by atoms with Crippen molar-refractivity contribution in [1.29, 1.82) is 5.41 Å². The number of amidine groups is 1. The highest BCUT2D eigenvalue weighted by Gasteiger charge is 2.28. The van der Waals surface area contributed by atoms with Gasteiger partial charge in [-0.3, -0.25) is 10.3 Å². The molecule has 1 aliphatic heterocycles. The first-order valence-corrected chi connectivity index (χ1v) is 6.59. The van der Waals surface area contributed by atoms with Crippen LogP contribution in [0.4, 0.5) is 0 Å². The first-order valence-electron chi connectivity index (χ1n) is 5.15. The van der Waals surface area contributed by atoms with E-state index in [-0.39, 0.29) is 11.9 Å². The summed E-state index contributed by atoms with van der Waals surface area (Å²) < 4.78 is 26.7. The van der Waals surface area contributed by atoms with E-state index in [1.165, 1.54) is 11.4 Å². The molecule has 0 aromatic carbocycles. The largest absolute Gasteiger partial charge is 0.386 e. The van der Waals surface area contributed by atoms with Crippen molar-refractivity contribution in [2.24, 2.45) is 5.73 Å². The number of hydrogen-bond donors (Lipinski definition) is 3. The molecule has 4 N–H and O–H groups in total. The van der Waals surface area contributed by atoms with Crippen LogP contribution in [-0.2, 0) is 10.2 Å². The highest BCUT2D eigenvalue weighted by Crippen LogP contribution is 2.08. The molecule has 8 heteroatoms. The highest BCUT2D eigenvalue weighted by molar-refractivity contribution is 7.87. The Morgan fingerprint density at radius 2 is 1.88 bits per heavy atom. The summed E-state index contributed by atoms with van der Waals surface area (Å²) in [5.74, 6) is 0.116. The molecule has 0 amide bonds. The molecule has 1 atom stereocenters. The molecule has 0 radical (unpaired) electrons.